The van der Waals surface area contributed by atoms with Gasteiger partial charge < -0.3 is 0 Å². The highest BCUT2D eigenvalue weighted by Crippen LogP contribution is 2.29. The lowest BCUT2D eigenvalue weighted by Gasteiger charge is -2.09. The van der Waals surface area contributed by atoms with Crippen molar-refractivity contribution in [1.82, 2.24) is 4.40 Å². The third kappa shape index (κ3) is 1.61. The average Bonchev–Trinajstić information content (AvgIpc) is 2.81. The number of benzene rings is 1. The van der Waals surface area contributed by atoms with Crippen LogP contribution in [0.5, 0.6) is 0 Å². The van der Waals surface area contributed by atoms with E-state index in [0.717, 1.165) is 5.69 Å². The van der Waals surface area contributed by atoms with Gasteiger partial charge in [-0.3, -0.25) is 0 Å². The van der Waals surface area contributed by atoms with E-state index in [2.05, 4.69) is 72.3 Å². The van der Waals surface area contributed by atoms with Crippen LogP contribution in [0.15, 0.2) is 43.2 Å². The van der Waals surface area contributed by atoms with E-state index in [-0.39, 0.29) is 0 Å². The van der Waals surface area contributed by atoms with Crippen LogP contribution in [0, 0.1) is 6.92 Å². The molecule has 0 saturated heterocycles. The lowest BCUT2D eigenvalue weighted by Crippen LogP contribution is -2.26. The van der Waals surface area contributed by atoms with Gasteiger partial charge in [0.1, 0.15) is 18.1 Å². The van der Waals surface area contributed by atoms with E-state index in [1.54, 1.807) is 0 Å². The van der Waals surface area contributed by atoms with Gasteiger partial charge in [0.2, 0.25) is 0 Å². The van der Waals surface area contributed by atoms with Crippen molar-refractivity contribution in [3.05, 3.63) is 60.1 Å². The molecular formula is C18H19N2+. The summed E-state index contributed by atoms with van der Waals surface area (Å²) >= 11 is 0. The number of fused-ring (bicyclic) bond motifs is 3. The Labute approximate surface area is 119 Å². The Hall–Kier alpha value is -2.35. The van der Waals surface area contributed by atoms with Crippen LogP contribution in [0.3, 0.4) is 0 Å². The summed E-state index contributed by atoms with van der Waals surface area (Å²) in [5.41, 5.74) is 4.87. The predicted molar refractivity (Wildman–Crippen MR) is 85.6 cm³/mol. The number of pyridine rings is 1. The minimum Gasteiger partial charge on any atom is -0.232 e. The van der Waals surface area contributed by atoms with Gasteiger partial charge in [0, 0.05) is 10.9 Å². The molecule has 0 aliphatic carbocycles. The highest BCUT2D eigenvalue weighted by molar-refractivity contribution is 6.02. The van der Waals surface area contributed by atoms with Crippen LogP contribution < -0.4 is 4.57 Å². The van der Waals surface area contributed by atoms with E-state index in [1.165, 1.54) is 27.5 Å². The molecule has 0 bridgehead atoms. The normalized spacial score (nSPS) is 11.8. The zero-order valence-corrected chi connectivity index (χ0v) is 12.2. The number of hydrogen-bond acceptors (Lipinski definition) is 0. The zero-order chi connectivity index (χ0) is 14.3. The van der Waals surface area contributed by atoms with E-state index >= 15 is 0 Å². The minimum atomic E-state index is 1.14. The third-order valence-electron chi connectivity index (χ3n) is 3.85. The summed E-state index contributed by atoms with van der Waals surface area (Å²) in [5.74, 6) is 0. The number of rotatable bonds is 2. The molecule has 0 aliphatic heterocycles. The SMILES string of the molecule is C=Cc1c(/C=C\C)c2cccc(C)c2c2n1cc[n+]2C. The molecule has 0 unspecified atom stereocenters. The summed E-state index contributed by atoms with van der Waals surface area (Å²) in [7, 11) is 2.09. The Bertz CT molecular complexity index is 851. The molecule has 0 fully saturated rings. The van der Waals surface area contributed by atoms with Crippen molar-refractivity contribution in [3.63, 3.8) is 0 Å². The molecule has 20 heavy (non-hydrogen) atoms. The maximum Gasteiger partial charge on any atom is 0.294 e. The van der Waals surface area contributed by atoms with Crippen LogP contribution in [0.2, 0.25) is 0 Å². The number of aryl methyl sites for hydroxylation is 2. The fraction of sp³-hybridized carbons (Fsp3) is 0.167. The fourth-order valence-electron chi connectivity index (χ4n) is 2.98. The van der Waals surface area contributed by atoms with Crippen molar-refractivity contribution in [2.24, 2.45) is 7.05 Å². The molecule has 0 N–H and O–H groups in total. The average molecular weight is 263 g/mol. The summed E-state index contributed by atoms with van der Waals surface area (Å²) in [6.45, 7) is 8.22. The second kappa shape index (κ2) is 4.64. The van der Waals surface area contributed by atoms with Crippen LogP contribution in [-0.2, 0) is 7.05 Å². The molecule has 1 aromatic carbocycles. The molecule has 3 rings (SSSR count). The minimum absolute atomic E-state index is 1.14. The summed E-state index contributed by atoms with van der Waals surface area (Å²) in [6, 6.07) is 6.48. The van der Waals surface area contributed by atoms with Gasteiger partial charge in [-0.1, -0.05) is 36.9 Å². The molecule has 0 radical (unpaired) electrons. The molecule has 100 valence electrons. The van der Waals surface area contributed by atoms with Gasteiger partial charge in [-0.15, -0.1) is 0 Å². The second-order valence-corrected chi connectivity index (χ2v) is 5.10. The molecular weight excluding hydrogens is 244 g/mol. The molecule has 0 spiro atoms. The molecule has 2 heterocycles. The topological polar surface area (TPSA) is 8.29 Å². The van der Waals surface area contributed by atoms with E-state index in [4.69, 9.17) is 0 Å². The summed E-state index contributed by atoms with van der Waals surface area (Å²) in [4.78, 5) is 0. The monoisotopic (exact) mass is 263 g/mol. The van der Waals surface area contributed by atoms with E-state index < -0.39 is 0 Å². The summed E-state index contributed by atoms with van der Waals surface area (Å²) in [5, 5.41) is 2.58. The number of aromatic nitrogens is 2. The molecule has 0 amide bonds. The first-order chi connectivity index (χ1) is 9.69. The van der Waals surface area contributed by atoms with Gasteiger partial charge in [-0.2, -0.15) is 4.40 Å². The van der Waals surface area contributed by atoms with Crippen molar-refractivity contribution >= 4 is 28.6 Å². The largest absolute Gasteiger partial charge is 0.294 e. The number of hydrogen-bond donors (Lipinski definition) is 0. The van der Waals surface area contributed by atoms with Crippen LogP contribution in [0.25, 0.3) is 28.6 Å². The number of imidazole rings is 1. The van der Waals surface area contributed by atoms with Gasteiger partial charge in [0.05, 0.1) is 12.4 Å². The second-order valence-electron chi connectivity index (χ2n) is 5.10. The molecule has 0 saturated carbocycles. The fourth-order valence-corrected chi connectivity index (χ4v) is 2.98. The molecule has 0 atom stereocenters. The first kappa shape index (κ1) is 12.7. The smallest absolute Gasteiger partial charge is 0.232 e. The van der Waals surface area contributed by atoms with Crippen LogP contribution in [-0.4, -0.2) is 4.40 Å². The molecule has 2 aromatic heterocycles. The van der Waals surface area contributed by atoms with Gasteiger partial charge in [0.15, 0.2) is 0 Å². The van der Waals surface area contributed by atoms with Gasteiger partial charge >= 0.3 is 0 Å². The Morgan fingerprint density at radius 2 is 2.10 bits per heavy atom. The third-order valence-corrected chi connectivity index (χ3v) is 3.85. The van der Waals surface area contributed by atoms with E-state index in [1.807, 2.05) is 13.0 Å². The van der Waals surface area contributed by atoms with E-state index in [0.29, 0.717) is 0 Å². The summed E-state index contributed by atoms with van der Waals surface area (Å²) in [6.07, 6.45) is 10.4. The standard InChI is InChI=1S/C18H19N2/c1-5-8-14-15-10-7-9-13(3)17(15)18-19(4)11-12-20(18)16(14)6-2/h5-12H,2H2,1,3-4H3/q+1/b8-5-. The Balaban J connectivity index is 2.70. The summed E-state index contributed by atoms with van der Waals surface area (Å²) < 4.78 is 4.39. The van der Waals surface area contributed by atoms with Crippen LogP contribution in [0.4, 0.5) is 0 Å². The van der Waals surface area contributed by atoms with Crippen molar-refractivity contribution in [1.29, 1.82) is 0 Å². The molecule has 0 aliphatic rings. The van der Waals surface area contributed by atoms with Gasteiger partial charge in [0.25, 0.3) is 5.65 Å². The maximum absolute atomic E-state index is 4.00. The van der Waals surface area contributed by atoms with Crippen molar-refractivity contribution in [3.8, 4) is 0 Å². The van der Waals surface area contributed by atoms with Crippen LogP contribution in [0.1, 0.15) is 23.7 Å². The van der Waals surface area contributed by atoms with Crippen molar-refractivity contribution in [2.45, 2.75) is 13.8 Å². The Kier molecular flexibility index (Phi) is 2.94. The van der Waals surface area contributed by atoms with Gasteiger partial charge in [-0.05, 0) is 25.5 Å². The highest BCUT2D eigenvalue weighted by atomic mass is 15.1. The van der Waals surface area contributed by atoms with E-state index in [9.17, 15) is 0 Å². The first-order valence-electron chi connectivity index (χ1n) is 6.86. The van der Waals surface area contributed by atoms with Crippen molar-refractivity contribution in [2.75, 3.05) is 0 Å². The molecule has 2 nitrogen and oxygen atoms in total. The molecule has 3 aromatic rings. The Morgan fingerprint density at radius 3 is 2.80 bits per heavy atom. The number of nitrogens with zero attached hydrogens (tertiary/aromatic N) is 2. The maximum atomic E-state index is 4.00. The van der Waals surface area contributed by atoms with Crippen LogP contribution >= 0.6 is 0 Å². The van der Waals surface area contributed by atoms with Gasteiger partial charge in [-0.25, -0.2) is 4.57 Å². The highest BCUT2D eigenvalue weighted by Gasteiger charge is 2.20. The molecule has 2 heteroatoms. The zero-order valence-electron chi connectivity index (χ0n) is 12.2. The number of allylic oxidation sites excluding steroid dienone is 1. The first-order valence-corrected chi connectivity index (χ1v) is 6.86. The van der Waals surface area contributed by atoms with Crippen molar-refractivity contribution < 1.29 is 4.57 Å². The Morgan fingerprint density at radius 1 is 1.30 bits per heavy atom. The lowest BCUT2D eigenvalue weighted by molar-refractivity contribution is -0.643. The quantitative estimate of drug-likeness (QED) is 0.620. The lowest BCUT2D eigenvalue weighted by atomic mass is 9.99. The predicted octanol–water partition coefficient (Wildman–Crippen LogP) is 3.90.